The standard InChI is InChI=1S/C20H20BrN3O3/c1-13-11-18(25)22-16-5-3-4-6-17(16)24(13)19(26)12-23(2)20(27)14-7-9-15(21)10-8-14/h3-10,13H,11-12H2,1-2H3,(H,22,25). The van der Waals surface area contributed by atoms with Crippen LogP contribution in [0.4, 0.5) is 11.4 Å². The van der Waals surface area contributed by atoms with Gasteiger partial charge in [0.15, 0.2) is 0 Å². The molecule has 1 N–H and O–H groups in total. The van der Waals surface area contributed by atoms with Gasteiger partial charge in [0.25, 0.3) is 5.91 Å². The van der Waals surface area contributed by atoms with Crippen LogP contribution in [0.2, 0.25) is 0 Å². The summed E-state index contributed by atoms with van der Waals surface area (Å²) < 4.78 is 0.880. The number of carbonyl (C=O) groups excluding carboxylic acids is 3. The summed E-state index contributed by atoms with van der Waals surface area (Å²) in [6.07, 6.45) is 0.199. The van der Waals surface area contributed by atoms with Crippen molar-refractivity contribution >= 4 is 45.0 Å². The van der Waals surface area contributed by atoms with E-state index in [9.17, 15) is 14.4 Å². The van der Waals surface area contributed by atoms with Crippen LogP contribution in [0.1, 0.15) is 23.7 Å². The number of hydrogen-bond donors (Lipinski definition) is 1. The van der Waals surface area contributed by atoms with Gasteiger partial charge in [-0.05, 0) is 43.3 Å². The number of anilines is 2. The lowest BCUT2D eigenvalue weighted by Gasteiger charge is -2.29. The normalized spacial score (nSPS) is 16.2. The van der Waals surface area contributed by atoms with Crippen LogP contribution in [0, 0.1) is 0 Å². The summed E-state index contributed by atoms with van der Waals surface area (Å²) in [6, 6.07) is 13.9. The summed E-state index contributed by atoms with van der Waals surface area (Å²) in [5.41, 5.74) is 1.75. The predicted molar refractivity (Wildman–Crippen MR) is 108 cm³/mol. The van der Waals surface area contributed by atoms with E-state index in [-0.39, 0.29) is 36.7 Å². The highest BCUT2D eigenvalue weighted by Gasteiger charge is 2.30. The van der Waals surface area contributed by atoms with Crippen LogP contribution in [-0.2, 0) is 9.59 Å². The molecule has 2 aromatic carbocycles. The summed E-state index contributed by atoms with van der Waals surface area (Å²) in [5.74, 6) is -0.607. The summed E-state index contributed by atoms with van der Waals surface area (Å²) >= 11 is 3.34. The monoisotopic (exact) mass is 429 g/mol. The topological polar surface area (TPSA) is 69.7 Å². The lowest BCUT2D eigenvalue weighted by Crippen LogP contribution is -2.45. The number of rotatable bonds is 3. The molecule has 0 aromatic heterocycles. The first-order chi connectivity index (χ1) is 12.9. The number of hydrogen-bond acceptors (Lipinski definition) is 3. The molecule has 3 rings (SSSR count). The van der Waals surface area contributed by atoms with Crippen molar-refractivity contribution in [3.05, 3.63) is 58.6 Å². The van der Waals surface area contributed by atoms with Gasteiger partial charge in [0, 0.05) is 29.5 Å². The van der Waals surface area contributed by atoms with Gasteiger partial charge in [-0.15, -0.1) is 0 Å². The van der Waals surface area contributed by atoms with Gasteiger partial charge < -0.3 is 15.1 Å². The van der Waals surface area contributed by atoms with E-state index < -0.39 is 0 Å². The van der Waals surface area contributed by atoms with Crippen LogP contribution >= 0.6 is 15.9 Å². The van der Waals surface area contributed by atoms with Gasteiger partial charge >= 0.3 is 0 Å². The molecule has 27 heavy (non-hydrogen) atoms. The fourth-order valence-corrected chi connectivity index (χ4v) is 3.40. The average molecular weight is 430 g/mol. The van der Waals surface area contributed by atoms with E-state index in [4.69, 9.17) is 0 Å². The highest BCUT2D eigenvalue weighted by molar-refractivity contribution is 9.10. The quantitative estimate of drug-likeness (QED) is 0.813. The molecule has 0 aliphatic carbocycles. The first kappa shape index (κ1) is 19.1. The third-order valence-electron chi connectivity index (χ3n) is 4.44. The van der Waals surface area contributed by atoms with Gasteiger partial charge in [-0.3, -0.25) is 14.4 Å². The van der Waals surface area contributed by atoms with Crippen LogP contribution < -0.4 is 10.2 Å². The van der Waals surface area contributed by atoms with Crippen molar-refractivity contribution in [1.82, 2.24) is 4.90 Å². The van der Waals surface area contributed by atoms with E-state index in [0.717, 1.165) is 4.47 Å². The molecule has 0 saturated heterocycles. The zero-order valence-electron chi connectivity index (χ0n) is 15.1. The van der Waals surface area contributed by atoms with Crippen molar-refractivity contribution in [2.24, 2.45) is 0 Å². The Balaban J connectivity index is 1.81. The number of likely N-dealkylation sites (N-methyl/N-ethyl adjacent to an activating group) is 1. The second-order valence-electron chi connectivity index (χ2n) is 6.55. The van der Waals surface area contributed by atoms with Crippen molar-refractivity contribution in [2.45, 2.75) is 19.4 Å². The van der Waals surface area contributed by atoms with Crippen LogP contribution in [0.5, 0.6) is 0 Å². The van der Waals surface area contributed by atoms with Crippen molar-refractivity contribution in [3.8, 4) is 0 Å². The predicted octanol–water partition coefficient (Wildman–Crippen LogP) is 3.29. The van der Waals surface area contributed by atoms with Gasteiger partial charge in [0.2, 0.25) is 11.8 Å². The molecule has 7 heteroatoms. The van der Waals surface area contributed by atoms with Crippen LogP contribution in [0.3, 0.4) is 0 Å². The first-order valence-corrected chi connectivity index (χ1v) is 9.38. The maximum Gasteiger partial charge on any atom is 0.254 e. The van der Waals surface area contributed by atoms with Crippen molar-refractivity contribution < 1.29 is 14.4 Å². The van der Waals surface area contributed by atoms with Gasteiger partial charge in [-0.25, -0.2) is 0 Å². The summed E-state index contributed by atoms with van der Waals surface area (Å²) in [4.78, 5) is 40.6. The van der Waals surface area contributed by atoms with Crippen molar-refractivity contribution in [1.29, 1.82) is 0 Å². The van der Waals surface area contributed by atoms with E-state index in [2.05, 4.69) is 21.2 Å². The molecule has 140 valence electrons. The van der Waals surface area contributed by atoms with Gasteiger partial charge in [0.05, 0.1) is 11.4 Å². The molecule has 2 aromatic rings. The van der Waals surface area contributed by atoms with E-state index >= 15 is 0 Å². The fraction of sp³-hybridized carbons (Fsp3) is 0.250. The molecular formula is C20H20BrN3O3. The molecular weight excluding hydrogens is 410 g/mol. The Morgan fingerprint density at radius 1 is 1.19 bits per heavy atom. The smallest absolute Gasteiger partial charge is 0.254 e. The second-order valence-corrected chi connectivity index (χ2v) is 7.47. The second kappa shape index (κ2) is 7.92. The number of benzene rings is 2. The van der Waals surface area contributed by atoms with Crippen LogP contribution in [0.15, 0.2) is 53.0 Å². The third kappa shape index (κ3) is 4.19. The number of amides is 3. The Bertz CT molecular complexity index is 882. The van der Waals surface area contributed by atoms with Gasteiger partial charge in [-0.1, -0.05) is 28.1 Å². The number of halogens is 1. The molecule has 6 nitrogen and oxygen atoms in total. The van der Waals surface area contributed by atoms with E-state index in [0.29, 0.717) is 16.9 Å². The number of nitrogens with one attached hydrogen (secondary N) is 1. The van der Waals surface area contributed by atoms with Gasteiger partial charge in [0.1, 0.15) is 6.54 Å². The first-order valence-electron chi connectivity index (χ1n) is 8.59. The molecule has 1 aliphatic heterocycles. The van der Waals surface area contributed by atoms with E-state index in [1.807, 2.05) is 13.0 Å². The van der Waals surface area contributed by atoms with Crippen LogP contribution in [-0.4, -0.2) is 42.3 Å². The fourth-order valence-electron chi connectivity index (χ4n) is 3.13. The third-order valence-corrected chi connectivity index (χ3v) is 4.97. The molecule has 1 unspecified atom stereocenters. The van der Waals surface area contributed by atoms with Crippen molar-refractivity contribution in [3.63, 3.8) is 0 Å². The number of carbonyl (C=O) groups is 3. The average Bonchev–Trinajstić information content (AvgIpc) is 2.75. The molecule has 0 radical (unpaired) electrons. The Hall–Kier alpha value is -2.67. The molecule has 0 saturated carbocycles. The number of fused-ring (bicyclic) bond motifs is 1. The summed E-state index contributed by atoms with van der Waals surface area (Å²) in [7, 11) is 1.60. The highest BCUT2D eigenvalue weighted by Crippen LogP contribution is 2.31. The Kier molecular flexibility index (Phi) is 5.60. The molecule has 3 amide bonds. The Morgan fingerprint density at radius 2 is 1.85 bits per heavy atom. The Morgan fingerprint density at radius 3 is 2.56 bits per heavy atom. The largest absolute Gasteiger partial charge is 0.332 e. The minimum atomic E-state index is -0.308. The molecule has 0 fully saturated rings. The highest BCUT2D eigenvalue weighted by atomic mass is 79.9. The minimum Gasteiger partial charge on any atom is -0.332 e. The number of nitrogens with zero attached hydrogens (tertiary/aromatic N) is 2. The molecule has 0 spiro atoms. The molecule has 1 heterocycles. The Labute approximate surface area is 166 Å². The summed E-state index contributed by atoms with van der Waals surface area (Å²) in [6.45, 7) is 1.75. The SMILES string of the molecule is CC1CC(=O)Nc2ccccc2N1C(=O)CN(C)C(=O)c1ccc(Br)cc1. The maximum absolute atomic E-state index is 13.0. The minimum absolute atomic E-state index is 0.0816. The van der Waals surface area contributed by atoms with Crippen molar-refractivity contribution in [2.75, 3.05) is 23.8 Å². The molecule has 1 atom stereocenters. The van der Waals surface area contributed by atoms with Gasteiger partial charge in [-0.2, -0.15) is 0 Å². The number of para-hydroxylation sites is 2. The zero-order chi connectivity index (χ0) is 19.6. The lowest BCUT2D eigenvalue weighted by atomic mass is 10.1. The summed E-state index contributed by atoms with van der Waals surface area (Å²) in [5, 5.41) is 2.83. The van der Waals surface area contributed by atoms with Crippen LogP contribution in [0.25, 0.3) is 0 Å². The molecule has 1 aliphatic rings. The maximum atomic E-state index is 13.0. The van der Waals surface area contributed by atoms with E-state index in [1.54, 1.807) is 54.4 Å². The molecule has 0 bridgehead atoms. The van der Waals surface area contributed by atoms with E-state index in [1.165, 1.54) is 4.90 Å². The zero-order valence-corrected chi connectivity index (χ0v) is 16.7. The lowest BCUT2D eigenvalue weighted by molar-refractivity contribution is -0.119.